The molecule has 1 aliphatic carbocycles. The molecule has 1 saturated carbocycles. The minimum atomic E-state index is -0.255. The number of hydrogen-bond donors (Lipinski definition) is 1. The van der Waals surface area contributed by atoms with Crippen molar-refractivity contribution in [2.45, 2.75) is 18.1 Å². The number of aliphatic imine (C=N–C) groups is 1. The number of nitrogens with one attached hydrogen (secondary N) is 1. The minimum Gasteiger partial charge on any atom is -0.282 e. The van der Waals surface area contributed by atoms with E-state index in [1.54, 1.807) is 0 Å². The van der Waals surface area contributed by atoms with Crippen molar-refractivity contribution in [3.8, 4) is 89.0 Å². The van der Waals surface area contributed by atoms with Gasteiger partial charge in [0.1, 0.15) is 6.17 Å². The maximum absolute atomic E-state index is 5.79. The zero-order valence-electron chi connectivity index (χ0n) is 40.4. The van der Waals surface area contributed by atoms with Crippen LogP contribution in [0.4, 0.5) is 0 Å². The Balaban J connectivity index is 1.14. The predicted molar refractivity (Wildman–Crippen MR) is 305 cm³/mol. The second-order valence-corrected chi connectivity index (χ2v) is 19.4. The number of fused-ring (bicyclic) bond motifs is 1. The topological polar surface area (TPSA) is 24.4 Å². The third-order valence-electron chi connectivity index (χ3n) is 15.0. The highest BCUT2D eigenvalue weighted by atomic mass is 15.2. The molecule has 13 rings (SSSR count). The second kappa shape index (κ2) is 19.0. The minimum absolute atomic E-state index is 0.167. The number of rotatable bonds is 11. The van der Waals surface area contributed by atoms with Crippen LogP contribution < -0.4 is 5.32 Å². The van der Waals surface area contributed by atoms with Crippen LogP contribution in [-0.4, -0.2) is 5.71 Å². The Kier molecular flexibility index (Phi) is 11.5. The molecule has 1 heterocycles. The predicted octanol–water partition coefficient (Wildman–Crippen LogP) is 18.0. The Labute approximate surface area is 428 Å². The Morgan fingerprint density at radius 1 is 0.301 bits per heavy atom. The van der Waals surface area contributed by atoms with E-state index in [0.717, 1.165) is 51.1 Å². The average molecular weight is 933 g/mol. The summed E-state index contributed by atoms with van der Waals surface area (Å²) in [6, 6.07) is 104. The van der Waals surface area contributed by atoms with Gasteiger partial charge in [-0.25, -0.2) is 0 Å². The van der Waals surface area contributed by atoms with Gasteiger partial charge in [-0.15, -0.1) is 0 Å². The van der Waals surface area contributed by atoms with Gasteiger partial charge in [0, 0.05) is 11.6 Å². The van der Waals surface area contributed by atoms with Crippen molar-refractivity contribution in [2.24, 2.45) is 10.9 Å². The maximum Gasteiger partial charge on any atom is 0.126 e. The molecule has 11 aromatic carbocycles. The summed E-state index contributed by atoms with van der Waals surface area (Å²) >= 11 is 0. The first-order valence-corrected chi connectivity index (χ1v) is 25.5. The molecule has 346 valence electrons. The van der Waals surface area contributed by atoms with Crippen LogP contribution in [-0.2, 0) is 5.54 Å². The lowest BCUT2D eigenvalue weighted by molar-refractivity contribution is 0.410. The summed E-state index contributed by atoms with van der Waals surface area (Å²) in [7, 11) is 0. The lowest BCUT2D eigenvalue weighted by atomic mass is 9.78. The molecule has 2 heteroatoms. The van der Waals surface area contributed by atoms with E-state index < -0.39 is 0 Å². The third-order valence-corrected chi connectivity index (χ3v) is 15.0. The van der Waals surface area contributed by atoms with Crippen LogP contribution in [0.25, 0.3) is 89.0 Å². The number of nitrogens with zero attached hydrogens (tertiary/aromatic N) is 1. The molecule has 11 aromatic rings. The fraction of sp³-hybridized carbons (Fsp3) is 0.0563. The summed E-state index contributed by atoms with van der Waals surface area (Å²) in [6.07, 6.45) is 0.726. The van der Waals surface area contributed by atoms with Crippen LogP contribution in [0.3, 0.4) is 0 Å². The van der Waals surface area contributed by atoms with Crippen molar-refractivity contribution in [3.05, 3.63) is 302 Å². The van der Waals surface area contributed by atoms with Crippen molar-refractivity contribution < 1.29 is 0 Å². The van der Waals surface area contributed by atoms with E-state index in [9.17, 15) is 0 Å². The van der Waals surface area contributed by atoms with Crippen molar-refractivity contribution >= 4 is 5.71 Å². The molecule has 0 aromatic heterocycles. The molecule has 3 atom stereocenters. The average Bonchev–Trinajstić information content (AvgIpc) is 4.25. The Bertz CT molecular complexity index is 3750. The van der Waals surface area contributed by atoms with E-state index in [0.29, 0.717) is 0 Å². The lowest BCUT2D eigenvalue weighted by Crippen LogP contribution is -2.39. The summed E-state index contributed by atoms with van der Waals surface area (Å²) in [5.41, 5.74) is 23.3. The molecule has 0 saturated heterocycles. The van der Waals surface area contributed by atoms with Crippen LogP contribution in [0.2, 0.25) is 0 Å². The van der Waals surface area contributed by atoms with Gasteiger partial charge < -0.3 is 0 Å². The second-order valence-electron chi connectivity index (χ2n) is 19.4. The number of benzene rings is 11. The lowest BCUT2D eigenvalue weighted by Gasteiger charge is -2.31. The summed E-state index contributed by atoms with van der Waals surface area (Å²) < 4.78 is 0. The van der Waals surface area contributed by atoms with Gasteiger partial charge in [-0.3, -0.25) is 10.3 Å². The van der Waals surface area contributed by atoms with Crippen molar-refractivity contribution in [2.75, 3.05) is 0 Å². The molecule has 2 nitrogen and oxygen atoms in total. The zero-order chi connectivity index (χ0) is 48.6. The molecule has 0 spiro atoms. The molecule has 1 aliphatic heterocycles. The van der Waals surface area contributed by atoms with Crippen molar-refractivity contribution in [1.82, 2.24) is 5.32 Å². The molecule has 2 aliphatic rings. The van der Waals surface area contributed by atoms with E-state index in [-0.39, 0.29) is 17.6 Å². The normalized spacial score (nSPS) is 16.8. The summed E-state index contributed by atoms with van der Waals surface area (Å²) in [6.45, 7) is 0. The Morgan fingerprint density at radius 3 is 1.25 bits per heavy atom. The largest absolute Gasteiger partial charge is 0.282 e. The molecule has 0 radical (unpaired) electrons. The fourth-order valence-corrected chi connectivity index (χ4v) is 11.5. The fourth-order valence-electron chi connectivity index (χ4n) is 11.5. The van der Waals surface area contributed by atoms with Crippen LogP contribution in [0.5, 0.6) is 0 Å². The van der Waals surface area contributed by atoms with Gasteiger partial charge in [-0.2, -0.15) is 0 Å². The molecule has 0 bridgehead atoms. The van der Waals surface area contributed by atoms with E-state index in [1.807, 2.05) is 0 Å². The van der Waals surface area contributed by atoms with Gasteiger partial charge in [0.2, 0.25) is 0 Å². The monoisotopic (exact) mass is 932 g/mol. The Hall–Kier alpha value is -8.95. The third kappa shape index (κ3) is 8.32. The van der Waals surface area contributed by atoms with E-state index in [2.05, 4.69) is 290 Å². The SMILES string of the molecule is c1ccc(-c2ccc(-c3cc(C4=NC(c5ccccc5)NC5(c6ccccc6)CC45)cc(-c4c(-c5ccccc5)cc(-c5ccccc5)c(-c5ccccc5)c4-c4ccccc4)c3)cc2-c2ccccc2)cc1. The van der Waals surface area contributed by atoms with Crippen LogP contribution in [0.1, 0.15) is 29.3 Å². The highest BCUT2D eigenvalue weighted by Crippen LogP contribution is 2.58. The van der Waals surface area contributed by atoms with Gasteiger partial charge in [0.25, 0.3) is 0 Å². The van der Waals surface area contributed by atoms with Crippen molar-refractivity contribution in [1.29, 1.82) is 0 Å². The van der Waals surface area contributed by atoms with E-state index >= 15 is 0 Å². The van der Waals surface area contributed by atoms with Gasteiger partial charge in [-0.1, -0.05) is 255 Å². The van der Waals surface area contributed by atoms with E-state index in [4.69, 9.17) is 4.99 Å². The molecule has 0 amide bonds. The zero-order valence-corrected chi connectivity index (χ0v) is 40.4. The first-order valence-electron chi connectivity index (χ1n) is 25.5. The summed E-state index contributed by atoms with van der Waals surface area (Å²) in [5.74, 6) is 0.167. The van der Waals surface area contributed by atoms with Gasteiger partial charge in [-0.05, 0) is 142 Å². The molecule has 73 heavy (non-hydrogen) atoms. The van der Waals surface area contributed by atoms with Gasteiger partial charge in [0.05, 0.1) is 5.54 Å². The first kappa shape index (κ1) is 44.0. The highest BCUT2D eigenvalue weighted by Gasteiger charge is 2.61. The highest BCUT2D eigenvalue weighted by molar-refractivity contribution is 6.11. The van der Waals surface area contributed by atoms with Gasteiger partial charge in [0.15, 0.2) is 0 Å². The number of hydrogen-bond acceptors (Lipinski definition) is 2. The molecular weight excluding hydrogens is 881 g/mol. The van der Waals surface area contributed by atoms with E-state index in [1.165, 1.54) is 66.8 Å². The standard InChI is InChI=1S/C71H52N2/c1-9-25-49(26-10-1)61-42-41-56(46-62(61)50-27-11-2-12-28-50)57-43-58(45-59(44-57)69-65-48-71(65,60-39-23-8-24-40-60)73-70(72-69)55-37-21-7-22-38-55)67-64(52-31-15-4-16-32-52)47-63(51-29-13-3-14-30-51)66(53-33-17-5-18-34-53)68(67)54-35-19-6-20-36-54/h1-47,65,70,73H,48H2. The Morgan fingerprint density at radius 2 is 0.712 bits per heavy atom. The first-order chi connectivity index (χ1) is 36.2. The quantitative estimate of drug-likeness (QED) is 0.137. The van der Waals surface area contributed by atoms with Crippen LogP contribution in [0, 0.1) is 5.92 Å². The summed E-state index contributed by atoms with van der Waals surface area (Å²) in [5, 5.41) is 4.10. The summed E-state index contributed by atoms with van der Waals surface area (Å²) in [4.78, 5) is 5.79. The van der Waals surface area contributed by atoms with Crippen LogP contribution in [0.15, 0.2) is 290 Å². The van der Waals surface area contributed by atoms with Crippen LogP contribution >= 0.6 is 0 Å². The van der Waals surface area contributed by atoms with Gasteiger partial charge >= 0.3 is 0 Å². The maximum atomic E-state index is 5.79. The van der Waals surface area contributed by atoms with Crippen molar-refractivity contribution in [3.63, 3.8) is 0 Å². The molecular formula is C71H52N2. The molecule has 3 unspecified atom stereocenters. The molecule has 1 fully saturated rings. The smallest absolute Gasteiger partial charge is 0.126 e. The molecule has 1 N–H and O–H groups in total.